The van der Waals surface area contributed by atoms with Crippen molar-refractivity contribution < 1.29 is 22.7 Å². The van der Waals surface area contributed by atoms with Crippen molar-refractivity contribution in [3.8, 4) is 6.07 Å². The monoisotopic (exact) mass is 548 g/mol. The molecule has 3 heterocycles. The van der Waals surface area contributed by atoms with Crippen molar-refractivity contribution in [3.63, 3.8) is 0 Å². The highest BCUT2D eigenvalue weighted by molar-refractivity contribution is 7.88. The van der Waals surface area contributed by atoms with Gasteiger partial charge in [-0.05, 0) is 72.1 Å². The zero-order chi connectivity index (χ0) is 25.7. The van der Waals surface area contributed by atoms with Gasteiger partial charge in [0, 0.05) is 30.1 Å². The lowest BCUT2D eigenvalue weighted by atomic mass is 9.88. The summed E-state index contributed by atoms with van der Waals surface area (Å²) in [6.07, 6.45) is 7.23. The van der Waals surface area contributed by atoms with Gasteiger partial charge in [0.05, 0.1) is 18.4 Å². The standard InChI is InChI=1S/C24H28N4O5S3/c1-36(31,32)27-18-6-9-28(10-7-18)24(30)33-14-17-2-4-19-20(13-25)23(35-21(19)12-17)26-22(29)5-3-16-8-11-34-15-16/h3,5,8,11,15,17-18,27H,2,4,6-7,9-10,12,14H2,1H3,(H,26,29). The fourth-order valence-corrected chi connectivity index (χ4v) is 7.25. The number of amides is 2. The van der Waals surface area contributed by atoms with Crippen molar-refractivity contribution in [1.29, 1.82) is 5.26 Å². The molecule has 0 saturated carbocycles. The second-order valence-corrected chi connectivity index (χ2v) is 12.7. The Balaban J connectivity index is 1.28. The second kappa shape index (κ2) is 11.6. The molecule has 2 aromatic rings. The number of ether oxygens (including phenoxy) is 1. The molecule has 1 atom stereocenters. The molecule has 9 nitrogen and oxygen atoms in total. The third-order valence-electron chi connectivity index (χ3n) is 6.26. The minimum atomic E-state index is -3.26. The van der Waals surface area contributed by atoms with Gasteiger partial charge in [0.2, 0.25) is 15.9 Å². The van der Waals surface area contributed by atoms with Gasteiger partial charge >= 0.3 is 6.09 Å². The van der Waals surface area contributed by atoms with Gasteiger partial charge in [-0.2, -0.15) is 16.6 Å². The predicted octanol–water partition coefficient (Wildman–Crippen LogP) is 3.59. The topological polar surface area (TPSA) is 129 Å². The Labute approximate surface area is 218 Å². The molecule has 0 aromatic carbocycles. The van der Waals surface area contributed by atoms with Crippen LogP contribution in [0.5, 0.6) is 0 Å². The summed E-state index contributed by atoms with van der Waals surface area (Å²) < 4.78 is 30.9. The van der Waals surface area contributed by atoms with Crippen molar-refractivity contribution in [1.82, 2.24) is 9.62 Å². The maximum Gasteiger partial charge on any atom is 0.409 e. The first kappa shape index (κ1) is 26.3. The van der Waals surface area contributed by atoms with Crippen LogP contribution in [0.2, 0.25) is 0 Å². The SMILES string of the molecule is CS(=O)(=O)NC1CCN(C(=O)OCC2CCc3c(sc(NC(=O)C=Cc4ccsc4)c3C#N)C2)CC1. The number of nitriles is 1. The Kier molecular flexibility index (Phi) is 8.46. The highest BCUT2D eigenvalue weighted by Gasteiger charge is 2.29. The van der Waals surface area contributed by atoms with Gasteiger partial charge in [-0.25, -0.2) is 17.9 Å². The number of anilines is 1. The molecule has 36 heavy (non-hydrogen) atoms. The van der Waals surface area contributed by atoms with Crippen molar-refractivity contribution in [3.05, 3.63) is 44.5 Å². The van der Waals surface area contributed by atoms with E-state index in [4.69, 9.17) is 4.74 Å². The first-order valence-corrected chi connectivity index (χ1v) is 15.3. The minimum absolute atomic E-state index is 0.137. The lowest BCUT2D eigenvalue weighted by molar-refractivity contribution is -0.111. The molecule has 1 fully saturated rings. The van der Waals surface area contributed by atoms with Crippen molar-refractivity contribution in [2.24, 2.45) is 5.92 Å². The molecular formula is C24H28N4O5S3. The molecule has 2 amide bonds. The number of fused-ring (bicyclic) bond motifs is 1. The zero-order valence-electron chi connectivity index (χ0n) is 19.9. The average molecular weight is 549 g/mol. The van der Waals surface area contributed by atoms with Crippen LogP contribution in [-0.2, 0) is 32.4 Å². The van der Waals surface area contributed by atoms with Crippen LogP contribution in [0.15, 0.2) is 22.9 Å². The van der Waals surface area contributed by atoms with Gasteiger partial charge in [-0.1, -0.05) is 0 Å². The van der Waals surface area contributed by atoms with E-state index in [1.807, 2.05) is 16.8 Å². The third-order valence-corrected chi connectivity index (χ3v) is 8.90. The summed E-state index contributed by atoms with van der Waals surface area (Å²) in [5, 5.41) is 17.0. The normalized spacial score (nSPS) is 18.6. The molecular weight excluding hydrogens is 520 g/mol. The fourth-order valence-electron chi connectivity index (χ4n) is 4.46. The number of thiophene rings is 2. The van der Waals surface area contributed by atoms with E-state index >= 15 is 0 Å². The number of likely N-dealkylation sites (tertiary alicyclic amines) is 1. The summed E-state index contributed by atoms with van der Waals surface area (Å²) >= 11 is 2.97. The smallest absolute Gasteiger partial charge is 0.409 e. The van der Waals surface area contributed by atoms with Crippen molar-refractivity contribution >= 4 is 55.8 Å². The van der Waals surface area contributed by atoms with Crippen molar-refractivity contribution in [2.45, 2.75) is 38.1 Å². The molecule has 12 heteroatoms. The largest absolute Gasteiger partial charge is 0.449 e. The Morgan fingerprint density at radius 1 is 1.31 bits per heavy atom. The molecule has 1 saturated heterocycles. The molecule has 1 aliphatic heterocycles. The number of hydrogen-bond acceptors (Lipinski definition) is 8. The third kappa shape index (κ3) is 6.94. The molecule has 0 spiro atoms. The number of carbonyl (C=O) groups is 2. The first-order valence-electron chi connectivity index (χ1n) is 11.7. The molecule has 2 aromatic heterocycles. The second-order valence-electron chi connectivity index (χ2n) is 9.04. The first-order chi connectivity index (χ1) is 17.2. The number of nitrogens with one attached hydrogen (secondary N) is 2. The maximum atomic E-state index is 12.5. The molecule has 192 valence electrons. The Hall–Kier alpha value is -2.72. The van der Waals surface area contributed by atoms with Gasteiger partial charge in [-0.15, -0.1) is 11.3 Å². The maximum absolute atomic E-state index is 12.5. The van der Waals surface area contributed by atoms with Crippen LogP contribution >= 0.6 is 22.7 Å². The van der Waals surface area contributed by atoms with Crippen LogP contribution in [0, 0.1) is 17.2 Å². The average Bonchev–Trinajstić information content (AvgIpc) is 3.47. The summed E-state index contributed by atoms with van der Waals surface area (Å²) in [5.74, 6) is -0.143. The number of rotatable bonds is 7. The Morgan fingerprint density at radius 2 is 2.08 bits per heavy atom. The van der Waals surface area contributed by atoms with Crippen molar-refractivity contribution in [2.75, 3.05) is 31.3 Å². The zero-order valence-corrected chi connectivity index (χ0v) is 22.3. The van der Waals surface area contributed by atoms with E-state index in [-0.39, 0.29) is 30.6 Å². The van der Waals surface area contributed by atoms with E-state index in [0.29, 0.717) is 49.3 Å². The summed E-state index contributed by atoms with van der Waals surface area (Å²) in [4.78, 5) is 27.6. The van der Waals surface area contributed by atoms with Crippen LogP contribution in [-0.4, -0.2) is 57.3 Å². The van der Waals surface area contributed by atoms with E-state index in [1.54, 1.807) is 22.3 Å². The van der Waals surface area contributed by atoms with E-state index in [9.17, 15) is 23.3 Å². The Bertz CT molecular complexity index is 1270. The number of carbonyl (C=O) groups excluding carboxylic acids is 2. The van der Waals surface area contributed by atoms with Gasteiger partial charge in [-0.3, -0.25) is 4.79 Å². The summed E-state index contributed by atoms with van der Waals surface area (Å²) in [7, 11) is -3.26. The minimum Gasteiger partial charge on any atom is -0.449 e. The van der Waals surface area contributed by atoms with E-state index < -0.39 is 10.0 Å². The molecule has 0 radical (unpaired) electrons. The quantitative estimate of drug-likeness (QED) is 0.509. The highest BCUT2D eigenvalue weighted by Crippen LogP contribution is 2.39. The van der Waals surface area contributed by atoms with Gasteiger partial charge < -0.3 is 15.0 Å². The highest BCUT2D eigenvalue weighted by atomic mass is 32.2. The number of piperidine rings is 1. The Morgan fingerprint density at radius 3 is 2.75 bits per heavy atom. The lowest BCUT2D eigenvalue weighted by Crippen LogP contribution is -2.46. The number of sulfonamides is 1. The molecule has 0 bridgehead atoms. The van der Waals surface area contributed by atoms with E-state index in [1.165, 1.54) is 17.4 Å². The fraction of sp³-hybridized carbons (Fsp3) is 0.458. The van der Waals surface area contributed by atoms with Crippen LogP contribution in [0.3, 0.4) is 0 Å². The van der Waals surface area contributed by atoms with Crippen LogP contribution in [0.25, 0.3) is 6.08 Å². The van der Waals surface area contributed by atoms with E-state index in [2.05, 4.69) is 16.1 Å². The summed E-state index contributed by atoms with van der Waals surface area (Å²) in [6, 6.07) is 4.01. The van der Waals surface area contributed by atoms with Crippen LogP contribution in [0.1, 0.15) is 40.8 Å². The number of hydrogen-bond donors (Lipinski definition) is 2. The number of nitrogens with zero attached hydrogens (tertiary/aromatic N) is 2. The van der Waals surface area contributed by atoms with Gasteiger partial charge in [0.25, 0.3) is 0 Å². The summed E-state index contributed by atoms with van der Waals surface area (Å²) in [5.41, 5.74) is 2.45. The molecule has 4 rings (SSSR count). The van der Waals surface area contributed by atoms with Gasteiger partial charge in [0.1, 0.15) is 11.1 Å². The summed E-state index contributed by atoms with van der Waals surface area (Å²) in [6.45, 7) is 1.17. The van der Waals surface area contributed by atoms with Crippen LogP contribution in [0.4, 0.5) is 9.80 Å². The van der Waals surface area contributed by atoms with Gasteiger partial charge in [0.15, 0.2) is 0 Å². The molecule has 1 unspecified atom stereocenters. The van der Waals surface area contributed by atoms with E-state index in [0.717, 1.165) is 28.7 Å². The lowest BCUT2D eigenvalue weighted by Gasteiger charge is -2.32. The van der Waals surface area contributed by atoms with Crippen LogP contribution < -0.4 is 10.0 Å². The predicted molar refractivity (Wildman–Crippen MR) is 140 cm³/mol. The molecule has 1 aliphatic carbocycles. The molecule has 2 N–H and O–H groups in total. The molecule has 2 aliphatic rings.